The van der Waals surface area contributed by atoms with Crippen molar-refractivity contribution in [2.75, 3.05) is 45.1 Å². The summed E-state index contributed by atoms with van der Waals surface area (Å²) in [6, 6.07) is 11.9. The minimum atomic E-state index is -1.18. The molecule has 0 saturated carbocycles. The lowest BCUT2D eigenvalue weighted by Crippen LogP contribution is -2.49. The summed E-state index contributed by atoms with van der Waals surface area (Å²) >= 11 is 6.25. The maximum absolute atomic E-state index is 14.4. The van der Waals surface area contributed by atoms with Crippen molar-refractivity contribution in [3.05, 3.63) is 82.9 Å². The molecule has 2 heterocycles. The number of para-hydroxylation sites is 1. The molecule has 43 heavy (non-hydrogen) atoms. The van der Waals surface area contributed by atoms with E-state index in [1.54, 1.807) is 13.8 Å². The van der Waals surface area contributed by atoms with Crippen molar-refractivity contribution in [3.63, 3.8) is 0 Å². The number of piperidine rings is 1. The van der Waals surface area contributed by atoms with E-state index in [4.69, 9.17) is 11.6 Å². The summed E-state index contributed by atoms with van der Waals surface area (Å²) in [6.45, 7) is 9.34. The number of amides is 4. The first-order valence-electron chi connectivity index (χ1n) is 14.3. The number of anilines is 1. The Labute approximate surface area is 257 Å². The molecule has 0 radical (unpaired) electrons. The van der Waals surface area contributed by atoms with Gasteiger partial charge in [0.1, 0.15) is 5.82 Å². The SMILES string of the molecule is C=C(CN(C=O)/C=C(\C(=O)N(C)CC(C)(C)O)c1cccc(F)c1Cl)N1CCC(N2CCc3ccccc3NC2=O)CC1. The zero-order chi connectivity index (χ0) is 31.3. The van der Waals surface area contributed by atoms with Gasteiger partial charge in [-0.15, -0.1) is 0 Å². The lowest BCUT2D eigenvalue weighted by molar-refractivity contribution is -0.126. The molecule has 0 bridgehead atoms. The highest BCUT2D eigenvalue weighted by atomic mass is 35.5. The standard InChI is InChI=1S/C32H39ClFN5O4/c1-22(38-15-13-24(14-16-38)39-17-12-23-8-5-6-11-28(23)35-31(39)42)18-37(21-40)19-26(25-9-7-10-27(34)29(25)33)30(41)36(4)20-32(2,3)43/h5-11,19,21,24,43H,1,12-18,20H2,2-4H3,(H,35,42)/b26-19-. The first kappa shape index (κ1) is 32.0. The molecule has 0 unspecified atom stereocenters. The van der Waals surface area contributed by atoms with Crippen LogP contribution in [0.25, 0.3) is 5.57 Å². The Balaban J connectivity index is 1.45. The summed E-state index contributed by atoms with van der Waals surface area (Å²) in [5.41, 5.74) is 1.59. The van der Waals surface area contributed by atoms with E-state index < -0.39 is 17.3 Å². The summed E-state index contributed by atoms with van der Waals surface area (Å²) in [4.78, 5) is 45.2. The molecule has 0 aliphatic carbocycles. The summed E-state index contributed by atoms with van der Waals surface area (Å²) in [5, 5.41) is 13.0. The van der Waals surface area contributed by atoms with Crippen LogP contribution in [0, 0.1) is 5.82 Å². The van der Waals surface area contributed by atoms with Crippen molar-refractivity contribution in [3.8, 4) is 0 Å². The number of fused-ring (bicyclic) bond motifs is 1. The smallest absolute Gasteiger partial charge is 0.322 e. The highest BCUT2D eigenvalue weighted by molar-refractivity contribution is 6.35. The number of carbonyl (C=O) groups is 3. The number of aliphatic hydroxyl groups is 1. The quantitative estimate of drug-likeness (QED) is 0.303. The highest BCUT2D eigenvalue weighted by Gasteiger charge is 2.31. The van der Waals surface area contributed by atoms with E-state index in [9.17, 15) is 23.9 Å². The van der Waals surface area contributed by atoms with E-state index in [2.05, 4.69) is 16.8 Å². The predicted molar refractivity (Wildman–Crippen MR) is 166 cm³/mol. The van der Waals surface area contributed by atoms with Crippen molar-refractivity contribution in [1.29, 1.82) is 0 Å². The molecule has 230 valence electrons. The largest absolute Gasteiger partial charge is 0.389 e. The Hall–Kier alpha value is -3.89. The van der Waals surface area contributed by atoms with Gasteiger partial charge < -0.3 is 30.0 Å². The fraction of sp³-hybridized carbons (Fsp3) is 0.406. The average Bonchev–Trinajstić information content (AvgIpc) is 3.13. The molecule has 0 spiro atoms. The van der Waals surface area contributed by atoms with Gasteiger partial charge in [0.2, 0.25) is 6.41 Å². The number of likely N-dealkylation sites (tertiary alicyclic amines) is 1. The molecule has 11 heteroatoms. The van der Waals surface area contributed by atoms with Crippen LogP contribution in [-0.2, 0) is 16.0 Å². The second-order valence-corrected chi connectivity index (χ2v) is 12.1. The molecule has 9 nitrogen and oxygen atoms in total. The number of likely N-dealkylation sites (N-methyl/N-ethyl adjacent to an activating group) is 1. The van der Waals surface area contributed by atoms with Crippen LogP contribution in [0.15, 0.2) is 60.9 Å². The van der Waals surface area contributed by atoms with Crippen LogP contribution in [0.5, 0.6) is 0 Å². The average molecular weight is 612 g/mol. The van der Waals surface area contributed by atoms with Crippen molar-refractivity contribution in [1.82, 2.24) is 19.6 Å². The summed E-state index contributed by atoms with van der Waals surface area (Å²) in [5.74, 6) is -1.24. The second-order valence-electron chi connectivity index (χ2n) is 11.7. The Kier molecular flexibility index (Phi) is 10.1. The number of hydrogen-bond donors (Lipinski definition) is 2. The normalized spacial score (nSPS) is 16.2. The Morgan fingerprint density at radius 1 is 1.19 bits per heavy atom. The molecule has 2 aromatic rings. The number of urea groups is 1. The maximum atomic E-state index is 14.4. The first-order chi connectivity index (χ1) is 20.4. The van der Waals surface area contributed by atoms with Gasteiger partial charge in [0.25, 0.3) is 5.91 Å². The Morgan fingerprint density at radius 2 is 1.88 bits per heavy atom. The lowest BCUT2D eigenvalue weighted by Gasteiger charge is -2.40. The van der Waals surface area contributed by atoms with Gasteiger partial charge in [0.05, 0.1) is 22.7 Å². The van der Waals surface area contributed by atoms with Crippen molar-refractivity contribution < 1.29 is 23.9 Å². The summed E-state index contributed by atoms with van der Waals surface area (Å²) < 4.78 is 14.4. The number of nitrogens with one attached hydrogen (secondary N) is 1. The van der Waals surface area contributed by atoms with E-state index in [-0.39, 0.29) is 41.3 Å². The van der Waals surface area contributed by atoms with Crippen LogP contribution in [0.4, 0.5) is 14.9 Å². The zero-order valence-electron chi connectivity index (χ0n) is 24.9. The third kappa shape index (κ3) is 7.94. The number of nitrogens with zero attached hydrogens (tertiary/aromatic N) is 4. The van der Waals surface area contributed by atoms with Gasteiger partial charge in [-0.25, -0.2) is 9.18 Å². The fourth-order valence-electron chi connectivity index (χ4n) is 5.63. The van der Waals surface area contributed by atoms with Gasteiger partial charge in [0, 0.05) is 62.4 Å². The minimum absolute atomic E-state index is 0.0000206. The molecule has 4 rings (SSSR count). The fourth-order valence-corrected chi connectivity index (χ4v) is 5.86. The monoisotopic (exact) mass is 611 g/mol. The van der Waals surface area contributed by atoms with Gasteiger partial charge in [-0.2, -0.15) is 0 Å². The molecule has 1 fully saturated rings. The first-order valence-corrected chi connectivity index (χ1v) is 14.7. The maximum Gasteiger partial charge on any atom is 0.322 e. The third-order valence-corrected chi connectivity index (χ3v) is 8.12. The van der Waals surface area contributed by atoms with Crippen LogP contribution in [0.2, 0.25) is 5.02 Å². The van der Waals surface area contributed by atoms with E-state index in [0.29, 0.717) is 31.7 Å². The minimum Gasteiger partial charge on any atom is -0.389 e. The van der Waals surface area contributed by atoms with Crippen molar-refractivity contribution >= 4 is 41.2 Å². The number of rotatable bonds is 10. The van der Waals surface area contributed by atoms with Crippen LogP contribution in [0.1, 0.15) is 37.8 Å². The van der Waals surface area contributed by atoms with Gasteiger partial charge in [-0.05, 0) is 50.8 Å². The van der Waals surface area contributed by atoms with E-state index >= 15 is 0 Å². The topological polar surface area (TPSA) is 96.4 Å². The molecule has 4 amide bonds. The molecular formula is C32H39ClFN5O4. The summed E-state index contributed by atoms with van der Waals surface area (Å²) in [6.07, 6.45) is 4.18. The molecule has 0 aromatic heterocycles. The Bertz CT molecular complexity index is 1400. The van der Waals surface area contributed by atoms with Gasteiger partial charge in [-0.3, -0.25) is 9.59 Å². The van der Waals surface area contributed by atoms with E-state index in [1.165, 1.54) is 41.2 Å². The third-order valence-electron chi connectivity index (χ3n) is 7.73. The molecule has 2 aliphatic rings. The second kappa shape index (κ2) is 13.6. The predicted octanol–water partition coefficient (Wildman–Crippen LogP) is 4.58. The molecule has 2 N–H and O–H groups in total. The van der Waals surface area contributed by atoms with Crippen LogP contribution in [0.3, 0.4) is 0 Å². The van der Waals surface area contributed by atoms with Crippen molar-refractivity contribution in [2.24, 2.45) is 0 Å². The molecule has 2 aromatic carbocycles. The van der Waals surface area contributed by atoms with E-state index in [1.807, 2.05) is 29.2 Å². The number of hydrogen-bond acceptors (Lipinski definition) is 5. The van der Waals surface area contributed by atoms with Crippen LogP contribution in [-0.4, -0.2) is 94.5 Å². The number of benzene rings is 2. The number of halogens is 2. The highest BCUT2D eigenvalue weighted by Crippen LogP contribution is 2.29. The number of carbonyl (C=O) groups excluding carboxylic acids is 3. The molecule has 0 atom stereocenters. The summed E-state index contributed by atoms with van der Waals surface area (Å²) in [7, 11) is 1.51. The zero-order valence-corrected chi connectivity index (χ0v) is 25.6. The van der Waals surface area contributed by atoms with Gasteiger partial charge >= 0.3 is 6.03 Å². The molecule has 2 aliphatic heterocycles. The van der Waals surface area contributed by atoms with Crippen LogP contribution < -0.4 is 5.32 Å². The molecular weight excluding hydrogens is 573 g/mol. The van der Waals surface area contributed by atoms with Crippen LogP contribution >= 0.6 is 11.6 Å². The van der Waals surface area contributed by atoms with Gasteiger partial charge in [-0.1, -0.05) is 48.5 Å². The Morgan fingerprint density at radius 3 is 2.56 bits per heavy atom. The van der Waals surface area contributed by atoms with E-state index in [0.717, 1.165) is 30.5 Å². The lowest BCUT2D eigenvalue weighted by atomic mass is 10.0. The van der Waals surface area contributed by atoms with Crippen molar-refractivity contribution in [2.45, 2.75) is 44.8 Å². The molecule has 1 saturated heterocycles. The van der Waals surface area contributed by atoms with Gasteiger partial charge in [0.15, 0.2) is 0 Å².